The first-order valence-corrected chi connectivity index (χ1v) is 10.7. The molecule has 0 saturated heterocycles. The Morgan fingerprint density at radius 3 is 2.48 bits per heavy atom. The predicted molar refractivity (Wildman–Crippen MR) is 116 cm³/mol. The Kier molecular flexibility index (Phi) is 6.37. The Morgan fingerprint density at radius 1 is 1.17 bits per heavy atom. The Bertz CT molecular complexity index is 998. The van der Waals surface area contributed by atoms with Gasteiger partial charge in [-0.15, -0.1) is 11.3 Å². The minimum atomic E-state index is -1.07. The SMILES string of the molecule is CC(C)C(C(C)C)n1c(Cc2cccs2)nc2cc(C(=O)NCC(=O)O)ccc21. The summed E-state index contributed by atoms with van der Waals surface area (Å²) in [6.07, 6.45) is 0.739. The summed E-state index contributed by atoms with van der Waals surface area (Å²) >= 11 is 1.71. The zero-order valence-electron chi connectivity index (χ0n) is 17.2. The molecule has 3 aromatic rings. The topological polar surface area (TPSA) is 84.2 Å². The van der Waals surface area contributed by atoms with Gasteiger partial charge in [-0.2, -0.15) is 0 Å². The summed E-state index contributed by atoms with van der Waals surface area (Å²) in [5.41, 5.74) is 2.17. The van der Waals surface area contributed by atoms with Gasteiger partial charge in [-0.05, 0) is 41.5 Å². The third kappa shape index (κ3) is 4.67. The van der Waals surface area contributed by atoms with Crippen LogP contribution in [-0.2, 0) is 11.2 Å². The number of carbonyl (C=O) groups excluding carboxylic acids is 1. The maximum absolute atomic E-state index is 12.3. The first kappa shape index (κ1) is 21.0. The van der Waals surface area contributed by atoms with Crippen LogP contribution in [0.2, 0.25) is 0 Å². The zero-order valence-corrected chi connectivity index (χ0v) is 18.0. The van der Waals surface area contributed by atoms with Crippen molar-refractivity contribution in [3.63, 3.8) is 0 Å². The fourth-order valence-corrected chi connectivity index (χ4v) is 4.64. The van der Waals surface area contributed by atoms with Gasteiger partial charge >= 0.3 is 5.97 Å². The smallest absolute Gasteiger partial charge is 0.322 e. The number of benzene rings is 1. The molecule has 2 heterocycles. The number of nitrogens with zero attached hydrogens (tertiary/aromatic N) is 2. The lowest BCUT2D eigenvalue weighted by molar-refractivity contribution is -0.135. The highest BCUT2D eigenvalue weighted by Crippen LogP contribution is 2.33. The molecule has 1 amide bonds. The molecule has 0 bridgehead atoms. The van der Waals surface area contributed by atoms with Crippen molar-refractivity contribution >= 4 is 34.2 Å². The van der Waals surface area contributed by atoms with Gasteiger partial charge in [-0.1, -0.05) is 33.8 Å². The van der Waals surface area contributed by atoms with Gasteiger partial charge < -0.3 is 15.0 Å². The van der Waals surface area contributed by atoms with Crippen LogP contribution in [0.5, 0.6) is 0 Å². The average molecular weight is 414 g/mol. The van der Waals surface area contributed by atoms with E-state index in [4.69, 9.17) is 10.1 Å². The van der Waals surface area contributed by atoms with E-state index >= 15 is 0 Å². The van der Waals surface area contributed by atoms with Crippen LogP contribution in [0.25, 0.3) is 11.0 Å². The van der Waals surface area contributed by atoms with Crippen LogP contribution in [0, 0.1) is 11.8 Å². The van der Waals surface area contributed by atoms with Crippen LogP contribution >= 0.6 is 11.3 Å². The molecule has 1 aromatic carbocycles. The molecule has 0 aliphatic carbocycles. The largest absolute Gasteiger partial charge is 0.480 e. The van der Waals surface area contributed by atoms with E-state index in [9.17, 15) is 9.59 Å². The third-order valence-electron chi connectivity index (χ3n) is 5.00. The molecule has 154 valence electrons. The molecule has 0 spiro atoms. The number of imidazole rings is 1. The fourth-order valence-electron chi connectivity index (χ4n) is 3.94. The maximum atomic E-state index is 12.3. The van der Waals surface area contributed by atoms with E-state index in [0.29, 0.717) is 17.4 Å². The lowest BCUT2D eigenvalue weighted by Crippen LogP contribution is -2.29. The quantitative estimate of drug-likeness (QED) is 0.575. The van der Waals surface area contributed by atoms with Crippen molar-refractivity contribution < 1.29 is 14.7 Å². The fraction of sp³-hybridized carbons (Fsp3) is 0.409. The average Bonchev–Trinajstić information content (AvgIpc) is 3.27. The number of carboxylic acids is 1. The second kappa shape index (κ2) is 8.78. The van der Waals surface area contributed by atoms with Gasteiger partial charge in [0.15, 0.2) is 0 Å². The van der Waals surface area contributed by atoms with Crippen molar-refractivity contribution in [2.24, 2.45) is 11.8 Å². The minimum absolute atomic E-state index is 0.279. The van der Waals surface area contributed by atoms with Crippen molar-refractivity contribution in [2.45, 2.75) is 40.2 Å². The molecule has 0 fully saturated rings. The number of aromatic nitrogens is 2. The lowest BCUT2D eigenvalue weighted by Gasteiger charge is -2.29. The molecule has 0 saturated carbocycles. The van der Waals surface area contributed by atoms with E-state index in [1.165, 1.54) is 4.88 Å². The minimum Gasteiger partial charge on any atom is -0.480 e. The molecule has 0 unspecified atom stereocenters. The van der Waals surface area contributed by atoms with Crippen LogP contribution in [0.15, 0.2) is 35.7 Å². The van der Waals surface area contributed by atoms with Crippen LogP contribution in [0.1, 0.15) is 54.8 Å². The highest BCUT2D eigenvalue weighted by molar-refractivity contribution is 7.09. The standard InChI is InChI=1S/C22H27N3O3S/c1-13(2)21(14(3)4)25-18-8-7-15(22(28)23-12-20(26)27)10-17(18)24-19(25)11-16-6-5-9-29-16/h5-10,13-14,21H,11-12H2,1-4H3,(H,23,28)(H,26,27). The highest BCUT2D eigenvalue weighted by Gasteiger charge is 2.25. The molecule has 0 aliphatic rings. The second-order valence-electron chi connectivity index (χ2n) is 7.91. The predicted octanol–water partition coefficient (Wildman–Crippen LogP) is 4.36. The molecule has 0 aliphatic heterocycles. The molecule has 2 aromatic heterocycles. The molecule has 0 radical (unpaired) electrons. The number of thiophene rings is 1. The Hall–Kier alpha value is -2.67. The number of hydrogen-bond donors (Lipinski definition) is 2. The molecule has 6 nitrogen and oxygen atoms in total. The van der Waals surface area contributed by atoms with E-state index in [0.717, 1.165) is 23.3 Å². The number of hydrogen-bond acceptors (Lipinski definition) is 4. The third-order valence-corrected chi connectivity index (χ3v) is 5.88. The van der Waals surface area contributed by atoms with Crippen LogP contribution in [0.3, 0.4) is 0 Å². The molecular weight excluding hydrogens is 386 g/mol. The van der Waals surface area contributed by atoms with Gasteiger partial charge in [-0.3, -0.25) is 9.59 Å². The van der Waals surface area contributed by atoms with Gasteiger partial charge in [-0.25, -0.2) is 4.98 Å². The number of amides is 1. The number of fused-ring (bicyclic) bond motifs is 1. The Balaban J connectivity index is 2.07. The van der Waals surface area contributed by atoms with E-state index < -0.39 is 18.4 Å². The van der Waals surface area contributed by atoms with Crippen molar-refractivity contribution in [1.29, 1.82) is 0 Å². The number of nitrogens with one attached hydrogen (secondary N) is 1. The van der Waals surface area contributed by atoms with Gasteiger partial charge in [0.1, 0.15) is 12.4 Å². The van der Waals surface area contributed by atoms with Gasteiger partial charge in [0.2, 0.25) is 0 Å². The Morgan fingerprint density at radius 2 is 1.90 bits per heavy atom. The first-order valence-electron chi connectivity index (χ1n) is 9.81. The molecular formula is C22H27N3O3S. The molecule has 7 heteroatoms. The van der Waals surface area contributed by atoms with Crippen molar-refractivity contribution in [1.82, 2.24) is 14.9 Å². The van der Waals surface area contributed by atoms with Gasteiger partial charge in [0.25, 0.3) is 5.91 Å². The monoisotopic (exact) mass is 413 g/mol. The molecule has 3 rings (SSSR count). The Labute approximate surface area is 174 Å². The summed E-state index contributed by atoms with van der Waals surface area (Å²) in [4.78, 5) is 29.1. The van der Waals surface area contributed by atoms with Crippen LogP contribution in [-0.4, -0.2) is 33.1 Å². The molecule has 0 atom stereocenters. The number of carboxylic acid groups (broad SMARTS) is 1. The number of aliphatic carboxylic acids is 1. The summed E-state index contributed by atoms with van der Waals surface area (Å²) in [6.45, 7) is 8.48. The number of carbonyl (C=O) groups is 2. The lowest BCUT2D eigenvalue weighted by atomic mass is 9.92. The highest BCUT2D eigenvalue weighted by atomic mass is 32.1. The van der Waals surface area contributed by atoms with Crippen LogP contribution < -0.4 is 5.32 Å². The second-order valence-corrected chi connectivity index (χ2v) is 8.94. The van der Waals surface area contributed by atoms with Gasteiger partial charge in [0.05, 0.1) is 11.0 Å². The van der Waals surface area contributed by atoms with E-state index in [-0.39, 0.29) is 6.04 Å². The summed E-state index contributed by atoms with van der Waals surface area (Å²) in [5, 5.41) is 13.3. The summed E-state index contributed by atoms with van der Waals surface area (Å²) in [5.74, 6) is 0.352. The maximum Gasteiger partial charge on any atom is 0.322 e. The van der Waals surface area contributed by atoms with Crippen LogP contribution in [0.4, 0.5) is 0 Å². The molecule has 29 heavy (non-hydrogen) atoms. The van der Waals surface area contributed by atoms with E-state index in [1.54, 1.807) is 23.5 Å². The summed E-state index contributed by atoms with van der Waals surface area (Å²) in [6, 6.07) is 9.84. The van der Waals surface area contributed by atoms with Crippen molar-refractivity contribution in [2.75, 3.05) is 6.54 Å². The summed E-state index contributed by atoms with van der Waals surface area (Å²) in [7, 11) is 0. The normalized spacial score (nSPS) is 11.7. The zero-order chi connectivity index (χ0) is 21.1. The van der Waals surface area contributed by atoms with Crippen molar-refractivity contribution in [3.8, 4) is 0 Å². The van der Waals surface area contributed by atoms with E-state index in [1.807, 2.05) is 12.1 Å². The summed E-state index contributed by atoms with van der Waals surface area (Å²) < 4.78 is 2.32. The van der Waals surface area contributed by atoms with Crippen molar-refractivity contribution in [3.05, 3.63) is 52.0 Å². The number of rotatable bonds is 8. The molecule has 2 N–H and O–H groups in total. The first-order chi connectivity index (χ1) is 13.8. The van der Waals surface area contributed by atoms with E-state index in [2.05, 4.69) is 49.0 Å². The van der Waals surface area contributed by atoms with Gasteiger partial charge in [0, 0.05) is 22.9 Å².